The number of nitro groups is 2. The maximum atomic E-state index is 12.8. The van der Waals surface area contributed by atoms with E-state index in [0.717, 1.165) is 49.1 Å². The molecule has 0 fully saturated rings. The van der Waals surface area contributed by atoms with Crippen molar-refractivity contribution in [1.82, 2.24) is 4.90 Å². The summed E-state index contributed by atoms with van der Waals surface area (Å²) in [5.74, 6) is -2.44. The lowest BCUT2D eigenvalue weighted by Crippen LogP contribution is -2.35. The Kier molecular flexibility index (Phi) is 10.1. The third kappa shape index (κ3) is 7.00. The van der Waals surface area contributed by atoms with Crippen LogP contribution in [-0.2, 0) is 16.1 Å². The molecular weight excluding hydrogens is 672 g/mol. The summed E-state index contributed by atoms with van der Waals surface area (Å²) in [6, 6.07) is 19.3. The van der Waals surface area contributed by atoms with Crippen LogP contribution in [0, 0.1) is 20.2 Å². The van der Waals surface area contributed by atoms with Crippen LogP contribution in [0.5, 0.6) is 0 Å². The minimum Gasteiger partial charge on any atom is -0.862 e. The number of hydrogen-bond acceptors (Lipinski definition) is 10. The lowest BCUT2D eigenvalue weighted by atomic mass is 9.97. The SMILES string of the molecule is CC(C([O-])=NCCN1C(=O)C=CC1=O)c1ccc(C[n+]2ccc(/C=C3\Sc4cc([N+](=O)[O-])ccc4N3C)c3ccccc32)cc1[N+](=O)[O-].Cl. The largest absolute Gasteiger partial charge is 0.862 e. The Morgan fingerprint density at radius 3 is 2.45 bits per heavy atom. The average molecular weight is 701 g/mol. The number of nitrogens with zero attached hydrogens (tertiary/aromatic N) is 6. The number of imide groups is 1. The topological polar surface area (TPSA) is 166 Å². The Balaban J connectivity index is 0.00000468. The summed E-state index contributed by atoms with van der Waals surface area (Å²) in [5, 5.41) is 38.1. The zero-order valence-corrected chi connectivity index (χ0v) is 27.8. The molecular formula is C34H29ClN6O7S. The highest BCUT2D eigenvalue weighted by Crippen LogP contribution is 2.47. The lowest BCUT2D eigenvalue weighted by Gasteiger charge is -2.20. The van der Waals surface area contributed by atoms with Gasteiger partial charge >= 0.3 is 0 Å². The van der Waals surface area contributed by atoms with E-state index in [1.54, 1.807) is 24.3 Å². The predicted molar refractivity (Wildman–Crippen MR) is 185 cm³/mol. The van der Waals surface area contributed by atoms with Gasteiger partial charge in [-0.1, -0.05) is 43.0 Å². The first-order valence-corrected chi connectivity index (χ1v) is 15.7. The maximum Gasteiger partial charge on any atom is 0.273 e. The van der Waals surface area contributed by atoms with Crippen molar-refractivity contribution in [2.45, 2.75) is 24.3 Å². The first kappa shape index (κ1) is 34.7. The van der Waals surface area contributed by atoms with Gasteiger partial charge in [0.2, 0.25) is 5.52 Å². The van der Waals surface area contributed by atoms with Gasteiger partial charge in [0, 0.05) is 78.0 Å². The highest BCUT2D eigenvalue weighted by molar-refractivity contribution is 8.03. The molecule has 2 aliphatic rings. The first-order chi connectivity index (χ1) is 23.0. The quantitative estimate of drug-likeness (QED) is 0.0567. The third-order valence-electron chi connectivity index (χ3n) is 8.27. The van der Waals surface area contributed by atoms with Crippen molar-refractivity contribution in [3.8, 4) is 0 Å². The maximum absolute atomic E-state index is 12.8. The molecule has 1 aromatic heterocycles. The minimum absolute atomic E-state index is 0. The van der Waals surface area contributed by atoms with Crippen molar-refractivity contribution < 1.29 is 29.1 Å². The molecule has 0 N–H and O–H groups in total. The van der Waals surface area contributed by atoms with Gasteiger partial charge in [0.1, 0.15) is 0 Å². The van der Waals surface area contributed by atoms with E-state index in [2.05, 4.69) is 4.99 Å². The number of halogens is 1. The molecule has 250 valence electrons. The summed E-state index contributed by atoms with van der Waals surface area (Å²) >= 11 is 1.46. The summed E-state index contributed by atoms with van der Waals surface area (Å²) in [6.45, 7) is 1.70. The number of benzene rings is 3. The Morgan fingerprint density at radius 2 is 1.73 bits per heavy atom. The van der Waals surface area contributed by atoms with Crippen LogP contribution in [0.4, 0.5) is 17.1 Å². The van der Waals surface area contributed by atoms with E-state index in [1.165, 1.54) is 30.8 Å². The monoisotopic (exact) mass is 700 g/mol. The third-order valence-corrected chi connectivity index (χ3v) is 9.42. The number of aromatic nitrogens is 1. The molecule has 2 aliphatic heterocycles. The van der Waals surface area contributed by atoms with Crippen molar-refractivity contribution in [3.05, 3.63) is 127 Å². The van der Waals surface area contributed by atoms with Crippen molar-refractivity contribution in [2.75, 3.05) is 25.0 Å². The number of carbonyl (C=O) groups excluding carboxylic acids is 2. The molecule has 0 spiro atoms. The van der Waals surface area contributed by atoms with Gasteiger partial charge in [-0.15, -0.1) is 12.4 Å². The lowest BCUT2D eigenvalue weighted by molar-refractivity contribution is -0.662. The van der Waals surface area contributed by atoms with Gasteiger partial charge in [0.15, 0.2) is 12.7 Å². The number of anilines is 1. The zero-order chi connectivity index (χ0) is 34.1. The molecule has 0 saturated carbocycles. The molecule has 4 aromatic rings. The fourth-order valence-electron chi connectivity index (χ4n) is 5.70. The van der Waals surface area contributed by atoms with Crippen molar-refractivity contribution in [2.24, 2.45) is 4.99 Å². The highest BCUT2D eigenvalue weighted by Gasteiger charge is 2.26. The molecule has 0 aliphatic carbocycles. The normalized spacial score (nSPS) is 15.6. The van der Waals surface area contributed by atoms with Crippen LogP contribution < -0.4 is 14.6 Å². The summed E-state index contributed by atoms with van der Waals surface area (Å²) in [4.78, 5) is 53.6. The first-order valence-electron chi connectivity index (χ1n) is 14.9. The summed E-state index contributed by atoms with van der Waals surface area (Å²) in [5.41, 5.74) is 3.42. The molecule has 15 heteroatoms. The number of rotatable bonds is 10. The standard InChI is InChI=1S/C34H28N6O7S.ClH/c1-21(34(43)35-14-16-38-31(41)11-12-32(38)42)25-9-7-22(17-29(25)40(46)47)20-37-15-13-23(26-5-3-4-6-27(26)37)18-33-36(2)28-10-8-24(39(44)45)19-30(28)48-33;/h3-13,15,17-19,21H,14,16,20H2,1-2H3;1H. The summed E-state index contributed by atoms with van der Waals surface area (Å²) in [7, 11) is 1.91. The Labute approximate surface area is 290 Å². The van der Waals surface area contributed by atoms with Crippen LogP contribution in [-0.4, -0.2) is 52.6 Å². The molecule has 1 unspecified atom stereocenters. The van der Waals surface area contributed by atoms with Crippen molar-refractivity contribution in [1.29, 1.82) is 0 Å². The van der Waals surface area contributed by atoms with Crippen molar-refractivity contribution in [3.63, 3.8) is 0 Å². The van der Waals surface area contributed by atoms with Crippen LogP contribution in [0.1, 0.15) is 29.5 Å². The smallest absolute Gasteiger partial charge is 0.273 e. The molecule has 1 atom stereocenters. The zero-order valence-electron chi connectivity index (χ0n) is 26.2. The fourth-order valence-corrected chi connectivity index (χ4v) is 6.83. The van der Waals surface area contributed by atoms with Crippen LogP contribution in [0.3, 0.4) is 0 Å². The number of non-ortho nitro benzene ring substituents is 1. The molecule has 13 nitrogen and oxygen atoms in total. The number of pyridine rings is 1. The Hall–Kier alpha value is -5.60. The number of amides is 2. The number of aliphatic imine (C=N–C) groups is 1. The van der Waals surface area contributed by atoms with E-state index in [4.69, 9.17) is 0 Å². The molecule has 2 amide bonds. The molecule has 3 aromatic carbocycles. The number of hydrogen-bond donors (Lipinski definition) is 0. The summed E-state index contributed by atoms with van der Waals surface area (Å²) < 4.78 is 1.99. The van der Waals surface area contributed by atoms with E-state index < -0.39 is 33.5 Å². The summed E-state index contributed by atoms with van der Waals surface area (Å²) in [6.07, 6.45) is 6.24. The van der Waals surface area contributed by atoms with Gasteiger partial charge in [-0.2, -0.15) is 4.57 Å². The number of fused-ring (bicyclic) bond motifs is 2. The molecule has 49 heavy (non-hydrogen) atoms. The fraction of sp³-hybridized carbons (Fsp3) is 0.176. The van der Waals surface area contributed by atoms with Crippen molar-refractivity contribution >= 4 is 75.9 Å². The van der Waals surface area contributed by atoms with Crippen LogP contribution in [0.25, 0.3) is 17.0 Å². The second kappa shape index (κ2) is 14.3. The predicted octanol–water partition coefficient (Wildman–Crippen LogP) is 4.74. The number of nitro benzene ring substituents is 2. The minimum atomic E-state index is -0.910. The van der Waals surface area contributed by atoms with Gasteiger partial charge in [-0.25, -0.2) is 0 Å². The Bertz CT molecular complexity index is 2100. The van der Waals surface area contributed by atoms with Crippen LogP contribution in [0.15, 0.2) is 100.0 Å². The van der Waals surface area contributed by atoms with Crippen LogP contribution >= 0.6 is 24.2 Å². The van der Waals surface area contributed by atoms with E-state index >= 15 is 0 Å². The molecule has 0 saturated heterocycles. The van der Waals surface area contributed by atoms with Gasteiger partial charge in [-0.3, -0.25) is 34.7 Å². The Morgan fingerprint density at radius 1 is 1.00 bits per heavy atom. The average Bonchev–Trinajstić information content (AvgIpc) is 3.57. The molecule has 6 rings (SSSR count). The van der Waals surface area contributed by atoms with E-state index in [1.807, 2.05) is 59.1 Å². The van der Waals surface area contributed by atoms with Crippen LogP contribution in [0.2, 0.25) is 0 Å². The van der Waals surface area contributed by atoms with Gasteiger partial charge in [-0.05, 0) is 29.7 Å². The number of thioether (sulfide) groups is 1. The van der Waals surface area contributed by atoms with E-state index in [0.29, 0.717) is 12.1 Å². The molecule has 3 heterocycles. The second-order valence-electron chi connectivity index (χ2n) is 11.2. The molecule has 0 radical (unpaired) electrons. The molecule has 0 bridgehead atoms. The number of para-hydroxylation sites is 1. The highest BCUT2D eigenvalue weighted by atomic mass is 35.5. The van der Waals surface area contributed by atoms with E-state index in [-0.39, 0.29) is 42.4 Å². The van der Waals surface area contributed by atoms with Gasteiger partial charge < -0.3 is 15.0 Å². The van der Waals surface area contributed by atoms with E-state index in [9.17, 15) is 34.9 Å². The van der Waals surface area contributed by atoms with Gasteiger partial charge in [0.05, 0.1) is 32.5 Å². The number of carbonyl (C=O) groups is 2. The van der Waals surface area contributed by atoms with Gasteiger partial charge in [0.25, 0.3) is 23.2 Å². The second-order valence-corrected chi connectivity index (χ2v) is 12.3.